The molecule has 2 aromatic rings. The number of ether oxygens (including phenoxy) is 1. The lowest BCUT2D eigenvalue weighted by Gasteiger charge is -2.13. The number of benzene rings is 1. The Balaban J connectivity index is 1.66. The summed E-state index contributed by atoms with van der Waals surface area (Å²) >= 11 is 0. The van der Waals surface area contributed by atoms with Gasteiger partial charge in [-0.2, -0.15) is 4.98 Å². The number of carbonyl (C=O) groups is 1. The summed E-state index contributed by atoms with van der Waals surface area (Å²) in [4.78, 5) is 18.2. The summed E-state index contributed by atoms with van der Waals surface area (Å²) in [7, 11) is 0. The number of carbonyl (C=O) groups excluding carboxylic acids is 1. The van der Waals surface area contributed by atoms with Crippen LogP contribution < -0.4 is 4.74 Å². The molecule has 2 atom stereocenters. The monoisotopic (exact) mass is 343 g/mol. The second kappa shape index (κ2) is 7.68. The van der Waals surface area contributed by atoms with Crippen LogP contribution in [-0.2, 0) is 4.79 Å². The van der Waals surface area contributed by atoms with Crippen molar-refractivity contribution in [2.75, 3.05) is 13.1 Å². The van der Waals surface area contributed by atoms with E-state index in [4.69, 9.17) is 9.26 Å². The summed E-state index contributed by atoms with van der Waals surface area (Å²) < 4.78 is 11.2. The molecule has 3 rings (SSSR count). The lowest BCUT2D eigenvalue weighted by molar-refractivity contribution is -0.129. The first-order valence-electron chi connectivity index (χ1n) is 8.99. The van der Waals surface area contributed by atoms with Gasteiger partial charge in [0, 0.05) is 25.1 Å². The van der Waals surface area contributed by atoms with Crippen LogP contribution in [0, 0.1) is 0 Å². The van der Waals surface area contributed by atoms with Gasteiger partial charge in [-0.25, -0.2) is 0 Å². The third-order valence-electron chi connectivity index (χ3n) is 4.66. The van der Waals surface area contributed by atoms with E-state index in [1.54, 1.807) is 0 Å². The fraction of sp³-hybridized carbons (Fsp3) is 0.526. The van der Waals surface area contributed by atoms with Gasteiger partial charge in [-0.1, -0.05) is 19.0 Å². The molecule has 1 saturated heterocycles. The smallest absolute Gasteiger partial charge is 0.231 e. The second-order valence-corrected chi connectivity index (χ2v) is 6.50. The number of nitrogens with zero attached hydrogens (tertiary/aromatic N) is 3. The number of aromatic nitrogens is 2. The molecule has 134 valence electrons. The van der Waals surface area contributed by atoms with Crippen LogP contribution in [-0.4, -0.2) is 40.1 Å². The summed E-state index contributed by atoms with van der Waals surface area (Å²) in [6.45, 7) is 7.45. The van der Waals surface area contributed by atoms with Crippen LogP contribution in [0.4, 0.5) is 0 Å². The highest BCUT2D eigenvalue weighted by molar-refractivity contribution is 5.76. The molecular formula is C19H25N3O3. The fourth-order valence-corrected chi connectivity index (χ4v) is 2.93. The number of hydrogen-bond acceptors (Lipinski definition) is 5. The van der Waals surface area contributed by atoms with Crippen LogP contribution in [0.3, 0.4) is 0 Å². The highest BCUT2D eigenvalue weighted by Crippen LogP contribution is 2.28. The van der Waals surface area contributed by atoms with Gasteiger partial charge < -0.3 is 14.2 Å². The van der Waals surface area contributed by atoms with Gasteiger partial charge in [0.25, 0.3) is 0 Å². The summed E-state index contributed by atoms with van der Waals surface area (Å²) in [6.07, 6.45) is 2.57. The van der Waals surface area contributed by atoms with Crippen LogP contribution in [0.2, 0.25) is 0 Å². The van der Waals surface area contributed by atoms with Gasteiger partial charge in [-0.3, -0.25) is 4.79 Å². The molecule has 1 aliphatic heterocycles. The number of likely N-dealkylation sites (tertiary alicyclic amines) is 1. The van der Waals surface area contributed by atoms with E-state index in [1.165, 1.54) is 0 Å². The zero-order chi connectivity index (χ0) is 17.8. The standard InChI is InChI=1S/C19H25N3O3/c1-4-13(3)24-16-8-6-14(7-9-16)18-20-19(25-21-18)15-10-11-22(12-15)17(23)5-2/h6-9,13,15H,4-5,10-12H2,1-3H3/t13-,15+/m1/s1. The van der Waals surface area contributed by atoms with Crippen molar-refractivity contribution in [1.29, 1.82) is 0 Å². The molecule has 1 aliphatic rings. The van der Waals surface area contributed by atoms with E-state index in [-0.39, 0.29) is 17.9 Å². The van der Waals surface area contributed by atoms with E-state index < -0.39 is 0 Å². The predicted octanol–water partition coefficient (Wildman–Crippen LogP) is 3.64. The van der Waals surface area contributed by atoms with Crippen molar-refractivity contribution in [3.63, 3.8) is 0 Å². The van der Waals surface area contributed by atoms with Gasteiger partial charge in [0.2, 0.25) is 17.6 Å². The lowest BCUT2D eigenvalue weighted by Crippen LogP contribution is -2.27. The van der Waals surface area contributed by atoms with E-state index in [2.05, 4.69) is 17.1 Å². The molecule has 0 bridgehead atoms. The van der Waals surface area contributed by atoms with E-state index in [9.17, 15) is 4.79 Å². The summed E-state index contributed by atoms with van der Waals surface area (Å²) in [5, 5.41) is 4.10. The first-order valence-corrected chi connectivity index (χ1v) is 8.99. The SMILES string of the molecule is CCC(=O)N1CC[C@H](c2nc(-c3ccc(O[C@H](C)CC)cc3)no2)C1. The lowest BCUT2D eigenvalue weighted by atomic mass is 10.1. The van der Waals surface area contributed by atoms with Crippen LogP contribution in [0.5, 0.6) is 5.75 Å². The van der Waals surface area contributed by atoms with Crippen LogP contribution in [0.1, 0.15) is 51.8 Å². The first-order chi connectivity index (χ1) is 12.1. The average Bonchev–Trinajstić information content (AvgIpc) is 3.31. The molecule has 0 aliphatic carbocycles. The predicted molar refractivity (Wildman–Crippen MR) is 94.3 cm³/mol. The molecule has 1 amide bonds. The Kier molecular flexibility index (Phi) is 5.36. The first kappa shape index (κ1) is 17.5. The molecule has 0 unspecified atom stereocenters. The second-order valence-electron chi connectivity index (χ2n) is 6.50. The number of hydrogen-bond donors (Lipinski definition) is 0. The molecule has 0 spiro atoms. The Morgan fingerprint density at radius 3 is 2.80 bits per heavy atom. The fourth-order valence-electron chi connectivity index (χ4n) is 2.93. The third-order valence-corrected chi connectivity index (χ3v) is 4.66. The van der Waals surface area contributed by atoms with Crippen molar-refractivity contribution in [2.45, 2.75) is 52.1 Å². The molecule has 0 radical (unpaired) electrons. The van der Waals surface area contributed by atoms with Crippen molar-refractivity contribution < 1.29 is 14.1 Å². The minimum Gasteiger partial charge on any atom is -0.491 e. The van der Waals surface area contributed by atoms with Gasteiger partial charge in [0.15, 0.2) is 0 Å². The number of amides is 1. The van der Waals surface area contributed by atoms with Crippen molar-refractivity contribution >= 4 is 5.91 Å². The summed E-state index contributed by atoms with van der Waals surface area (Å²) in [6, 6.07) is 7.73. The van der Waals surface area contributed by atoms with E-state index in [0.717, 1.165) is 30.7 Å². The maximum Gasteiger partial charge on any atom is 0.231 e. The Bertz CT molecular complexity index is 711. The third kappa shape index (κ3) is 4.00. The Hall–Kier alpha value is -2.37. The molecular weight excluding hydrogens is 318 g/mol. The Morgan fingerprint density at radius 2 is 2.12 bits per heavy atom. The van der Waals surface area contributed by atoms with Gasteiger partial charge >= 0.3 is 0 Å². The maximum atomic E-state index is 11.8. The van der Waals surface area contributed by atoms with Gasteiger partial charge in [-0.05, 0) is 44.0 Å². The number of rotatable bonds is 6. The maximum absolute atomic E-state index is 11.8. The van der Waals surface area contributed by atoms with Crippen molar-refractivity contribution in [3.8, 4) is 17.1 Å². The highest BCUT2D eigenvalue weighted by atomic mass is 16.5. The average molecular weight is 343 g/mol. The summed E-state index contributed by atoms with van der Waals surface area (Å²) in [5.74, 6) is 2.34. The molecule has 25 heavy (non-hydrogen) atoms. The molecule has 2 heterocycles. The molecule has 0 N–H and O–H groups in total. The molecule has 6 heteroatoms. The minimum absolute atomic E-state index is 0.129. The zero-order valence-corrected chi connectivity index (χ0v) is 15.1. The zero-order valence-electron chi connectivity index (χ0n) is 15.1. The van der Waals surface area contributed by atoms with Crippen LogP contribution in [0.25, 0.3) is 11.4 Å². The molecule has 0 saturated carbocycles. The molecule has 1 fully saturated rings. The summed E-state index contributed by atoms with van der Waals surface area (Å²) in [5.41, 5.74) is 0.894. The molecule has 1 aromatic heterocycles. The van der Waals surface area contributed by atoms with Crippen LogP contribution in [0.15, 0.2) is 28.8 Å². The van der Waals surface area contributed by atoms with E-state index >= 15 is 0 Å². The largest absolute Gasteiger partial charge is 0.491 e. The Morgan fingerprint density at radius 1 is 1.36 bits per heavy atom. The van der Waals surface area contributed by atoms with Crippen molar-refractivity contribution in [1.82, 2.24) is 15.0 Å². The molecule has 1 aromatic carbocycles. The Labute approximate surface area is 148 Å². The molecule has 6 nitrogen and oxygen atoms in total. The van der Waals surface area contributed by atoms with Crippen molar-refractivity contribution in [2.24, 2.45) is 0 Å². The van der Waals surface area contributed by atoms with Gasteiger partial charge in [0.05, 0.1) is 12.0 Å². The quantitative estimate of drug-likeness (QED) is 0.801. The van der Waals surface area contributed by atoms with Crippen LogP contribution >= 0.6 is 0 Å². The van der Waals surface area contributed by atoms with E-state index in [1.807, 2.05) is 43.0 Å². The van der Waals surface area contributed by atoms with Crippen molar-refractivity contribution in [3.05, 3.63) is 30.2 Å². The highest BCUT2D eigenvalue weighted by Gasteiger charge is 2.30. The van der Waals surface area contributed by atoms with E-state index in [0.29, 0.717) is 24.7 Å². The minimum atomic E-state index is 0.129. The van der Waals surface area contributed by atoms with Gasteiger partial charge in [-0.15, -0.1) is 0 Å². The topological polar surface area (TPSA) is 68.5 Å². The van der Waals surface area contributed by atoms with Gasteiger partial charge in [0.1, 0.15) is 5.75 Å². The normalized spacial score (nSPS) is 18.4.